The summed E-state index contributed by atoms with van der Waals surface area (Å²) in [5, 5.41) is 4.82. The van der Waals surface area contributed by atoms with Gasteiger partial charge in [0.05, 0.1) is 0 Å². The Morgan fingerprint density at radius 1 is 0.339 bits per heavy atom. The van der Waals surface area contributed by atoms with Crippen LogP contribution >= 0.6 is 0 Å². The van der Waals surface area contributed by atoms with Crippen molar-refractivity contribution in [3.63, 3.8) is 0 Å². The number of rotatable bonds is 6. The fraction of sp³-hybridized carbons (Fsp3) is 0.107. The average molecular weight is 759 g/mol. The van der Waals surface area contributed by atoms with Gasteiger partial charge in [-0.25, -0.2) is 0 Å². The average Bonchev–Trinajstić information content (AvgIpc) is 3.28. The Morgan fingerprint density at radius 3 is 1.14 bits per heavy atom. The van der Waals surface area contributed by atoms with Gasteiger partial charge in [0.2, 0.25) is 0 Å². The van der Waals surface area contributed by atoms with Crippen LogP contribution in [0.25, 0.3) is 43.8 Å². The van der Waals surface area contributed by atoms with E-state index < -0.39 is 0 Å². The van der Waals surface area contributed by atoms with E-state index in [1.165, 1.54) is 60.5 Å². The van der Waals surface area contributed by atoms with Gasteiger partial charge in [0.1, 0.15) is 23.0 Å². The molecule has 0 fully saturated rings. The summed E-state index contributed by atoms with van der Waals surface area (Å²) in [7, 11) is 0. The molecule has 59 heavy (non-hydrogen) atoms. The number of fused-ring (bicyclic) bond motifs is 6. The molecule has 0 radical (unpaired) electrons. The summed E-state index contributed by atoms with van der Waals surface area (Å²) in [5.41, 5.74) is 12.6. The molecule has 9 aromatic carbocycles. The first-order chi connectivity index (χ1) is 28.8. The van der Waals surface area contributed by atoms with Gasteiger partial charge in [0.15, 0.2) is 0 Å². The lowest BCUT2D eigenvalue weighted by Gasteiger charge is -2.36. The van der Waals surface area contributed by atoms with Crippen LogP contribution in [0.5, 0.6) is 23.0 Å². The maximum Gasteiger partial charge on any atom is 0.260 e. The van der Waals surface area contributed by atoms with E-state index in [1.807, 2.05) is 0 Å². The van der Waals surface area contributed by atoms with Gasteiger partial charge in [-0.3, -0.25) is 0 Å². The normalized spacial score (nSPS) is 13.0. The summed E-state index contributed by atoms with van der Waals surface area (Å²) >= 11 is 0. The van der Waals surface area contributed by atoms with E-state index in [0.29, 0.717) is 0 Å². The molecule has 0 N–H and O–H groups in total. The fourth-order valence-corrected chi connectivity index (χ4v) is 9.81. The van der Waals surface area contributed by atoms with E-state index in [1.54, 1.807) is 0 Å². The van der Waals surface area contributed by atoms with Crippen molar-refractivity contribution in [1.29, 1.82) is 0 Å². The van der Waals surface area contributed by atoms with Crippen LogP contribution in [0.3, 0.4) is 0 Å². The molecule has 2 heterocycles. The second-order valence-electron chi connectivity index (χ2n) is 17.2. The van der Waals surface area contributed by atoms with E-state index in [4.69, 9.17) is 9.47 Å². The minimum absolute atomic E-state index is 0.0572. The lowest BCUT2D eigenvalue weighted by atomic mass is 9.34. The van der Waals surface area contributed by atoms with Crippen LogP contribution in [0.4, 0.5) is 0 Å². The molecule has 0 spiro atoms. The molecular weight excluding hydrogens is 715 g/mol. The highest BCUT2D eigenvalue weighted by Gasteiger charge is 2.42. The molecule has 0 saturated heterocycles. The number of benzene rings is 9. The van der Waals surface area contributed by atoms with Crippen LogP contribution < -0.4 is 25.9 Å². The Balaban J connectivity index is 1.15. The van der Waals surface area contributed by atoms with Crippen LogP contribution in [0.15, 0.2) is 188 Å². The molecule has 2 aliphatic heterocycles. The second-order valence-corrected chi connectivity index (χ2v) is 17.2. The summed E-state index contributed by atoms with van der Waals surface area (Å²) in [6.07, 6.45) is 0. The molecule has 0 bridgehead atoms. The van der Waals surface area contributed by atoms with E-state index in [-0.39, 0.29) is 17.5 Å². The van der Waals surface area contributed by atoms with Gasteiger partial charge in [-0.2, -0.15) is 0 Å². The first-order valence-corrected chi connectivity index (χ1v) is 20.7. The number of ether oxygens (including phenoxy) is 2. The first kappa shape index (κ1) is 35.3. The Morgan fingerprint density at radius 2 is 0.712 bits per heavy atom. The largest absolute Gasteiger partial charge is 0.458 e. The van der Waals surface area contributed by atoms with Gasteiger partial charge in [-0.05, 0) is 101 Å². The Labute approximate surface area is 346 Å². The molecule has 0 saturated carbocycles. The van der Waals surface area contributed by atoms with E-state index in [2.05, 4.69) is 216 Å². The summed E-state index contributed by atoms with van der Waals surface area (Å²) in [6, 6.07) is 68.2. The lowest BCUT2D eigenvalue weighted by Crippen LogP contribution is -2.57. The van der Waals surface area contributed by atoms with Crippen molar-refractivity contribution in [2.75, 3.05) is 0 Å². The Bertz CT molecular complexity index is 2910. The van der Waals surface area contributed by atoms with Crippen molar-refractivity contribution in [2.45, 2.75) is 38.5 Å². The van der Waals surface area contributed by atoms with Crippen LogP contribution in [-0.2, 0) is 10.8 Å². The highest BCUT2D eigenvalue weighted by molar-refractivity contribution is 6.98. The van der Waals surface area contributed by atoms with Crippen LogP contribution in [0, 0.1) is 0 Å². The Hall–Kier alpha value is -6.84. The Kier molecular flexibility index (Phi) is 8.00. The maximum absolute atomic E-state index is 7.15. The van der Waals surface area contributed by atoms with Gasteiger partial charge < -0.3 is 9.47 Å². The molecular formula is C56H43BO2. The zero-order valence-corrected chi connectivity index (χ0v) is 33.8. The first-order valence-electron chi connectivity index (χ1n) is 20.7. The van der Waals surface area contributed by atoms with Crippen molar-refractivity contribution < 1.29 is 9.47 Å². The third-order valence-electron chi connectivity index (χ3n) is 13.2. The molecule has 9 aromatic rings. The predicted octanol–water partition coefficient (Wildman–Crippen LogP) is 12.7. The van der Waals surface area contributed by atoms with Crippen LogP contribution in [0.2, 0.25) is 0 Å². The molecule has 0 aromatic heterocycles. The summed E-state index contributed by atoms with van der Waals surface area (Å²) in [6.45, 7) is 9.13. The van der Waals surface area contributed by atoms with E-state index >= 15 is 0 Å². The van der Waals surface area contributed by atoms with Crippen molar-refractivity contribution in [1.82, 2.24) is 0 Å². The maximum atomic E-state index is 7.15. The SMILES string of the molecule is CC(C)(c1ccccc1)c1ccc2c(c1)Oc1cc(-c3c4ccccc4c(-c4ccccc4)c4ccccc34)cc3c1B2c1ccc(C(C)(C)c2ccccc2)cc1O3. The zero-order valence-electron chi connectivity index (χ0n) is 33.8. The molecule has 2 nitrogen and oxygen atoms in total. The quantitative estimate of drug-likeness (QED) is 0.124. The fourth-order valence-electron chi connectivity index (χ4n) is 9.81. The molecule has 11 rings (SSSR count). The smallest absolute Gasteiger partial charge is 0.260 e. The van der Waals surface area contributed by atoms with Gasteiger partial charge >= 0.3 is 0 Å². The van der Waals surface area contributed by atoms with Crippen molar-refractivity contribution in [2.24, 2.45) is 0 Å². The molecule has 0 amide bonds. The van der Waals surface area contributed by atoms with Crippen molar-refractivity contribution in [3.8, 4) is 45.3 Å². The molecule has 3 heteroatoms. The molecule has 282 valence electrons. The minimum Gasteiger partial charge on any atom is -0.458 e. The van der Waals surface area contributed by atoms with Crippen molar-refractivity contribution >= 4 is 44.6 Å². The highest BCUT2D eigenvalue weighted by atomic mass is 16.5. The summed E-state index contributed by atoms with van der Waals surface area (Å²) in [5.74, 6) is 3.46. The van der Waals surface area contributed by atoms with Crippen molar-refractivity contribution in [3.05, 3.63) is 210 Å². The molecule has 2 aliphatic rings. The van der Waals surface area contributed by atoms with Gasteiger partial charge in [-0.15, -0.1) is 0 Å². The van der Waals surface area contributed by atoms with Gasteiger partial charge in [0.25, 0.3) is 6.71 Å². The number of hydrogen-bond donors (Lipinski definition) is 0. The zero-order chi connectivity index (χ0) is 39.9. The third-order valence-corrected chi connectivity index (χ3v) is 13.2. The van der Waals surface area contributed by atoms with E-state index in [9.17, 15) is 0 Å². The second kappa shape index (κ2) is 13.4. The highest BCUT2D eigenvalue weighted by Crippen LogP contribution is 2.47. The minimum atomic E-state index is -0.225. The van der Waals surface area contributed by atoms with Gasteiger partial charge in [-0.1, -0.05) is 191 Å². The molecule has 0 unspecified atom stereocenters. The van der Waals surface area contributed by atoms with Gasteiger partial charge in [0, 0.05) is 16.3 Å². The van der Waals surface area contributed by atoms with Crippen LogP contribution in [-0.4, -0.2) is 6.71 Å². The molecule has 0 atom stereocenters. The predicted molar refractivity (Wildman–Crippen MR) is 247 cm³/mol. The third kappa shape index (κ3) is 5.56. The van der Waals surface area contributed by atoms with E-state index in [0.717, 1.165) is 44.9 Å². The lowest BCUT2D eigenvalue weighted by molar-refractivity contribution is 0.462. The summed E-state index contributed by atoms with van der Waals surface area (Å²) < 4.78 is 14.3. The monoisotopic (exact) mass is 758 g/mol. The molecule has 0 aliphatic carbocycles. The summed E-state index contributed by atoms with van der Waals surface area (Å²) in [4.78, 5) is 0. The number of hydrogen-bond acceptors (Lipinski definition) is 2. The standard InChI is InChI=1S/C56H43BO2/c1-55(2,38-20-10-6-11-21-38)40-28-30-46-48(34-40)58-50-32-37(53-44-26-16-14-24-42(44)52(36-18-8-5-9-19-36)43-25-15-17-27-45(43)53)33-51-54(50)57(46)47-31-29-41(35-49(47)59-51)56(3,4)39-22-12-7-13-23-39/h5-35H,1-4H3. The van der Waals surface area contributed by atoms with Crippen LogP contribution in [0.1, 0.15) is 49.9 Å². The topological polar surface area (TPSA) is 18.5 Å².